The van der Waals surface area contributed by atoms with Gasteiger partial charge in [-0.3, -0.25) is 4.79 Å². The topological polar surface area (TPSA) is 122 Å². The Morgan fingerprint density at radius 3 is 2.58 bits per heavy atom. The Labute approximate surface area is 192 Å². The van der Waals surface area contributed by atoms with Crippen molar-refractivity contribution in [3.63, 3.8) is 0 Å². The van der Waals surface area contributed by atoms with E-state index in [1.165, 1.54) is 12.1 Å². The molecule has 10 heteroatoms. The fourth-order valence-electron chi connectivity index (χ4n) is 4.52. The number of hydrogen-bond acceptors (Lipinski definition) is 7. The zero-order chi connectivity index (χ0) is 23.2. The fraction of sp³-hybridized carbons (Fsp3) is 0.261. The predicted octanol–water partition coefficient (Wildman–Crippen LogP) is 3.54. The van der Waals surface area contributed by atoms with Gasteiger partial charge in [0.15, 0.2) is 5.82 Å². The molecule has 2 heterocycles. The highest BCUT2D eigenvalue weighted by atomic mass is 32.2. The van der Waals surface area contributed by atoms with Crippen molar-refractivity contribution in [2.75, 3.05) is 22.2 Å². The molecule has 2 aromatic carbocycles. The second-order valence-corrected chi connectivity index (χ2v) is 9.85. The Morgan fingerprint density at radius 2 is 1.82 bits per heavy atom. The van der Waals surface area contributed by atoms with Crippen LogP contribution in [0.3, 0.4) is 0 Å². The van der Waals surface area contributed by atoms with Crippen LogP contribution in [0.2, 0.25) is 0 Å². The molecule has 0 unspecified atom stereocenters. The number of carbonyl (C=O) groups excluding carboxylic acids is 1. The maximum atomic E-state index is 13.2. The van der Waals surface area contributed by atoms with Crippen LogP contribution in [0.25, 0.3) is 0 Å². The molecule has 1 aromatic heterocycles. The molecule has 0 saturated heterocycles. The summed E-state index contributed by atoms with van der Waals surface area (Å²) in [4.78, 5) is 26.2. The van der Waals surface area contributed by atoms with Gasteiger partial charge in [-0.25, -0.2) is 18.5 Å². The lowest BCUT2D eigenvalue weighted by Crippen LogP contribution is -2.30. The largest absolute Gasteiger partial charge is 0.324 e. The van der Waals surface area contributed by atoms with Crippen LogP contribution in [0.4, 0.5) is 28.8 Å². The Balaban J connectivity index is 1.61. The van der Waals surface area contributed by atoms with Crippen molar-refractivity contribution < 1.29 is 13.2 Å². The van der Waals surface area contributed by atoms with Crippen molar-refractivity contribution in [3.05, 3.63) is 60.3 Å². The normalized spacial score (nSPS) is 16.4. The first-order valence-corrected chi connectivity index (χ1v) is 12.3. The van der Waals surface area contributed by atoms with E-state index in [2.05, 4.69) is 15.2 Å². The van der Waals surface area contributed by atoms with Crippen LogP contribution in [0.5, 0.6) is 0 Å². The lowest BCUT2D eigenvalue weighted by atomic mass is 10.1. The lowest BCUT2D eigenvalue weighted by molar-refractivity contribution is 0.0994. The van der Waals surface area contributed by atoms with E-state index in [4.69, 9.17) is 10.1 Å². The molecule has 1 aliphatic heterocycles. The van der Waals surface area contributed by atoms with Gasteiger partial charge in [-0.1, -0.05) is 31.0 Å². The number of sulfonamides is 1. The fourth-order valence-corrected chi connectivity index (χ4v) is 5.08. The third-order valence-electron chi connectivity index (χ3n) is 6.15. The van der Waals surface area contributed by atoms with Crippen LogP contribution in [-0.2, 0) is 10.0 Å². The van der Waals surface area contributed by atoms with Crippen LogP contribution in [0, 0.1) is 0 Å². The van der Waals surface area contributed by atoms with Crippen molar-refractivity contribution in [3.8, 4) is 0 Å². The summed E-state index contributed by atoms with van der Waals surface area (Å²) in [6.45, 7) is 0. The first-order valence-electron chi connectivity index (χ1n) is 10.8. The van der Waals surface area contributed by atoms with E-state index in [-0.39, 0.29) is 16.8 Å². The van der Waals surface area contributed by atoms with Crippen LogP contribution in [0.1, 0.15) is 36.0 Å². The molecule has 1 fully saturated rings. The number of rotatable bonds is 4. The van der Waals surface area contributed by atoms with Crippen molar-refractivity contribution in [2.45, 2.75) is 36.6 Å². The zero-order valence-electron chi connectivity index (χ0n) is 18.1. The quantitative estimate of drug-likeness (QED) is 0.606. The van der Waals surface area contributed by atoms with Gasteiger partial charge in [-0.15, -0.1) is 0 Å². The smallest absolute Gasteiger partial charge is 0.260 e. The Kier molecular flexibility index (Phi) is 5.26. The molecule has 0 atom stereocenters. The minimum absolute atomic E-state index is 0.00546. The highest BCUT2D eigenvalue weighted by molar-refractivity contribution is 7.89. The van der Waals surface area contributed by atoms with Crippen LogP contribution in [0.15, 0.2) is 59.6 Å². The summed E-state index contributed by atoms with van der Waals surface area (Å²) in [5.74, 6) is 0.823. The van der Waals surface area contributed by atoms with Gasteiger partial charge < -0.3 is 15.1 Å². The summed E-state index contributed by atoms with van der Waals surface area (Å²) in [7, 11) is -2.11. The standard InChI is InChI=1S/C23H24N6O3S/c1-28-20-14-25-23(26-15-7-6-10-17(13-15)33(24,31)32)27-21(20)29(16-8-2-3-9-16)19-12-5-4-11-18(19)22(28)30/h4-7,10-14,16H,2-3,8-9H2,1H3,(H2,24,31,32)(H,25,26,27). The molecule has 1 saturated carbocycles. The number of primary sulfonamides is 1. The summed E-state index contributed by atoms with van der Waals surface area (Å²) >= 11 is 0. The number of fused-ring (bicyclic) bond motifs is 2. The highest BCUT2D eigenvalue weighted by Crippen LogP contribution is 2.43. The van der Waals surface area contributed by atoms with E-state index in [1.54, 1.807) is 30.3 Å². The van der Waals surface area contributed by atoms with E-state index in [0.717, 1.165) is 31.4 Å². The van der Waals surface area contributed by atoms with E-state index >= 15 is 0 Å². The molecule has 3 aromatic rings. The average molecular weight is 465 g/mol. The monoisotopic (exact) mass is 464 g/mol. The third kappa shape index (κ3) is 3.91. The van der Waals surface area contributed by atoms with Crippen molar-refractivity contribution in [2.24, 2.45) is 5.14 Å². The van der Waals surface area contributed by atoms with Gasteiger partial charge in [0.25, 0.3) is 5.91 Å². The number of anilines is 5. The summed E-state index contributed by atoms with van der Waals surface area (Å²) in [6.07, 6.45) is 5.89. The molecule has 1 amide bonds. The number of nitrogens with zero attached hydrogens (tertiary/aromatic N) is 4. The maximum absolute atomic E-state index is 13.2. The summed E-state index contributed by atoms with van der Waals surface area (Å²) in [5, 5.41) is 8.33. The number of amides is 1. The van der Waals surface area contributed by atoms with Crippen molar-refractivity contribution in [1.82, 2.24) is 9.97 Å². The van der Waals surface area contributed by atoms with Crippen molar-refractivity contribution in [1.29, 1.82) is 0 Å². The predicted molar refractivity (Wildman–Crippen MR) is 127 cm³/mol. The molecule has 1 aliphatic carbocycles. The molecule has 0 bridgehead atoms. The molecular formula is C23H24N6O3S. The number of para-hydroxylation sites is 1. The molecule has 3 N–H and O–H groups in total. The third-order valence-corrected chi connectivity index (χ3v) is 7.06. The second-order valence-electron chi connectivity index (χ2n) is 8.29. The SMILES string of the molecule is CN1C(=O)c2ccccc2N(C2CCCC2)c2nc(Nc3cccc(S(N)(=O)=O)c3)ncc21. The number of nitrogens with one attached hydrogen (secondary N) is 1. The Hall–Kier alpha value is -3.50. The van der Waals surface area contributed by atoms with Gasteiger partial charge in [-0.05, 0) is 43.2 Å². The number of nitrogens with two attached hydrogens (primary N) is 1. The van der Waals surface area contributed by atoms with Gasteiger partial charge >= 0.3 is 0 Å². The molecule has 5 rings (SSSR count). The zero-order valence-corrected chi connectivity index (χ0v) is 18.9. The van der Waals surface area contributed by atoms with Gasteiger partial charge in [-0.2, -0.15) is 4.98 Å². The summed E-state index contributed by atoms with van der Waals surface area (Å²) in [6, 6.07) is 14.0. The molecule has 170 valence electrons. The van der Waals surface area contributed by atoms with Crippen LogP contribution in [-0.4, -0.2) is 37.4 Å². The van der Waals surface area contributed by atoms with E-state index in [1.807, 2.05) is 24.3 Å². The number of aromatic nitrogens is 2. The first-order chi connectivity index (χ1) is 15.8. The van der Waals surface area contributed by atoms with Gasteiger partial charge in [0, 0.05) is 18.8 Å². The summed E-state index contributed by atoms with van der Waals surface area (Å²) in [5.41, 5.74) is 2.57. The Morgan fingerprint density at radius 1 is 1.06 bits per heavy atom. The molecular weight excluding hydrogens is 440 g/mol. The molecule has 0 radical (unpaired) electrons. The van der Waals surface area contributed by atoms with E-state index < -0.39 is 10.0 Å². The molecule has 2 aliphatic rings. The van der Waals surface area contributed by atoms with Crippen LogP contribution >= 0.6 is 0 Å². The van der Waals surface area contributed by atoms with E-state index in [0.29, 0.717) is 28.7 Å². The number of carbonyl (C=O) groups is 1. The minimum atomic E-state index is -3.84. The van der Waals surface area contributed by atoms with Gasteiger partial charge in [0.1, 0.15) is 5.69 Å². The minimum Gasteiger partial charge on any atom is -0.324 e. The molecule has 9 nitrogen and oxygen atoms in total. The second kappa shape index (κ2) is 8.13. The summed E-state index contributed by atoms with van der Waals surface area (Å²) < 4.78 is 23.4. The first kappa shape index (κ1) is 21.4. The number of benzene rings is 2. The highest BCUT2D eigenvalue weighted by Gasteiger charge is 2.35. The van der Waals surface area contributed by atoms with Gasteiger partial charge in [0.2, 0.25) is 16.0 Å². The average Bonchev–Trinajstić information content (AvgIpc) is 3.30. The Bertz CT molecular complexity index is 1340. The maximum Gasteiger partial charge on any atom is 0.260 e. The molecule has 0 spiro atoms. The lowest BCUT2D eigenvalue weighted by Gasteiger charge is -2.31. The van der Waals surface area contributed by atoms with Gasteiger partial charge in [0.05, 0.1) is 22.3 Å². The van der Waals surface area contributed by atoms with Crippen molar-refractivity contribution >= 4 is 44.8 Å². The molecule has 33 heavy (non-hydrogen) atoms. The van der Waals surface area contributed by atoms with Crippen LogP contribution < -0.4 is 20.3 Å². The van der Waals surface area contributed by atoms with E-state index in [9.17, 15) is 13.2 Å². The number of hydrogen-bond donors (Lipinski definition) is 2.